The van der Waals surface area contributed by atoms with Crippen LogP contribution in [0, 0.1) is 0 Å². The highest BCUT2D eigenvalue weighted by molar-refractivity contribution is 5.96. The zero-order valence-electron chi connectivity index (χ0n) is 12.5. The first-order chi connectivity index (χ1) is 10.8. The molecule has 22 heavy (non-hydrogen) atoms. The van der Waals surface area contributed by atoms with E-state index in [0.717, 1.165) is 30.7 Å². The van der Waals surface area contributed by atoms with Gasteiger partial charge in [-0.2, -0.15) is 5.10 Å². The van der Waals surface area contributed by atoms with Gasteiger partial charge in [-0.1, -0.05) is 24.3 Å². The summed E-state index contributed by atoms with van der Waals surface area (Å²) in [6, 6.07) is 15.4. The summed E-state index contributed by atoms with van der Waals surface area (Å²) in [5, 5.41) is 4.29. The van der Waals surface area contributed by atoms with E-state index in [2.05, 4.69) is 28.7 Å². The van der Waals surface area contributed by atoms with E-state index in [9.17, 15) is 4.79 Å². The number of carbonyl (C=O) groups is 1. The van der Waals surface area contributed by atoms with E-state index < -0.39 is 0 Å². The lowest BCUT2D eigenvalue weighted by atomic mass is 9.90. The average Bonchev–Trinajstić information content (AvgIpc) is 2.59. The Bertz CT molecular complexity index is 705. The van der Waals surface area contributed by atoms with Crippen LogP contribution in [0.5, 0.6) is 5.75 Å². The molecule has 1 aliphatic carbocycles. The molecule has 1 aliphatic rings. The quantitative estimate of drug-likeness (QED) is 0.885. The van der Waals surface area contributed by atoms with Gasteiger partial charge in [-0.05, 0) is 48.2 Å². The SMILES string of the molecule is COc1ccc(C(=O)N/N=C2/CCc3ccccc3C2)cc1. The van der Waals surface area contributed by atoms with Gasteiger partial charge in [0.2, 0.25) is 0 Å². The van der Waals surface area contributed by atoms with Gasteiger partial charge in [0.1, 0.15) is 5.75 Å². The summed E-state index contributed by atoms with van der Waals surface area (Å²) < 4.78 is 5.08. The number of benzene rings is 2. The lowest BCUT2D eigenvalue weighted by Gasteiger charge is -2.17. The number of ether oxygens (including phenoxy) is 1. The Labute approximate surface area is 129 Å². The third-order valence-electron chi connectivity index (χ3n) is 3.86. The standard InChI is InChI=1S/C18H18N2O2/c1-22-17-10-7-14(8-11-17)18(21)20-19-16-9-6-13-4-2-3-5-15(13)12-16/h2-5,7-8,10-11H,6,9,12H2,1H3,(H,20,21)/b19-16-. The molecule has 0 atom stereocenters. The molecule has 0 bridgehead atoms. The van der Waals surface area contributed by atoms with Crippen LogP contribution in [0.3, 0.4) is 0 Å². The lowest BCUT2D eigenvalue weighted by Crippen LogP contribution is -2.22. The Morgan fingerprint density at radius 2 is 1.77 bits per heavy atom. The molecular formula is C18H18N2O2. The number of hydrogen-bond donors (Lipinski definition) is 1. The maximum atomic E-state index is 12.1. The van der Waals surface area contributed by atoms with E-state index in [0.29, 0.717) is 5.56 Å². The van der Waals surface area contributed by atoms with Crippen molar-refractivity contribution in [3.63, 3.8) is 0 Å². The summed E-state index contributed by atoms with van der Waals surface area (Å²) in [5.41, 5.74) is 6.91. The monoisotopic (exact) mass is 294 g/mol. The second-order valence-corrected chi connectivity index (χ2v) is 5.29. The van der Waals surface area contributed by atoms with Gasteiger partial charge in [0, 0.05) is 17.7 Å². The Balaban J connectivity index is 1.65. The van der Waals surface area contributed by atoms with Crippen LogP contribution >= 0.6 is 0 Å². The molecule has 2 aromatic carbocycles. The minimum Gasteiger partial charge on any atom is -0.497 e. The van der Waals surface area contributed by atoms with Crippen molar-refractivity contribution in [2.24, 2.45) is 5.10 Å². The number of aryl methyl sites for hydroxylation is 1. The number of nitrogens with one attached hydrogen (secondary N) is 1. The number of hydrazone groups is 1. The fourth-order valence-corrected chi connectivity index (χ4v) is 2.59. The van der Waals surface area contributed by atoms with Crippen LogP contribution in [0.2, 0.25) is 0 Å². The molecule has 4 nitrogen and oxygen atoms in total. The molecule has 0 aromatic heterocycles. The minimum atomic E-state index is -0.200. The van der Waals surface area contributed by atoms with E-state index in [4.69, 9.17) is 4.74 Å². The summed E-state index contributed by atoms with van der Waals surface area (Å²) >= 11 is 0. The van der Waals surface area contributed by atoms with Crippen LogP contribution in [-0.2, 0) is 12.8 Å². The van der Waals surface area contributed by atoms with Crippen LogP contribution in [0.15, 0.2) is 53.6 Å². The summed E-state index contributed by atoms with van der Waals surface area (Å²) in [6.45, 7) is 0. The van der Waals surface area contributed by atoms with Crippen LogP contribution in [-0.4, -0.2) is 18.7 Å². The van der Waals surface area contributed by atoms with Gasteiger partial charge in [-0.3, -0.25) is 4.79 Å². The number of methoxy groups -OCH3 is 1. The molecule has 0 spiro atoms. The van der Waals surface area contributed by atoms with Crippen molar-refractivity contribution >= 4 is 11.6 Å². The molecule has 3 rings (SSSR count). The fraction of sp³-hybridized carbons (Fsp3) is 0.222. The molecule has 0 saturated carbocycles. The maximum absolute atomic E-state index is 12.1. The van der Waals surface area contributed by atoms with Crippen molar-refractivity contribution in [2.75, 3.05) is 7.11 Å². The van der Waals surface area contributed by atoms with E-state index in [1.165, 1.54) is 11.1 Å². The molecule has 0 unspecified atom stereocenters. The number of rotatable bonds is 3. The summed E-state index contributed by atoms with van der Waals surface area (Å²) in [7, 11) is 1.60. The number of nitrogens with zero attached hydrogens (tertiary/aromatic N) is 1. The second-order valence-electron chi connectivity index (χ2n) is 5.29. The lowest BCUT2D eigenvalue weighted by molar-refractivity contribution is 0.0954. The highest BCUT2D eigenvalue weighted by Crippen LogP contribution is 2.19. The molecule has 0 saturated heterocycles. The zero-order chi connectivity index (χ0) is 15.4. The van der Waals surface area contributed by atoms with Crippen molar-refractivity contribution in [3.05, 3.63) is 65.2 Å². The molecule has 1 N–H and O–H groups in total. The average molecular weight is 294 g/mol. The number of fused-ring (bicyclic) bond motifs is 1. The molecule has 112 valence electrons. The van der Waals surface area contributed by atoms with Crippen molar-refractivity contribution in [1.29, 1.82) is 0 Å². The summed E-state index contributed by atoms with van der Waals surface area (Å²) in [6.07, 6.45) is 2.67. The van der Waals surface area contributed by atoms with Crippen LogP contribution in [0.1, 0.15) is 27.9 Å². The highest BCUT2D eigenvalue weighted by Gasteiger charge is 2.14. The summed E-state index contributed by atoms with van der Waals surface area (Å²) in [4.78, 5) is 12.1. The van der Waals surface area contributed by atoms with Gasteiger partial charge in [-0.25, -0.2) is 5.43 Å². The first-order valence-electron chi connectivity index (χ1n) is 7.33. The highest BCUT2D eigenvalue weighted by atomic mass is 16.5. The zero-order valence-corrected chi connectivity index (χ0v) is 12.5. The molecule has 1 amide bonds. The van der Waals surface area contributed by atoms with Gasteiger partial charge in [0.05, 0.1) is 7.11 Å². The van der Waals surface area contributed by atoms with Gasteiger partial charge in [-0.15, -0.1) is 0 Å². The Hall–Kier alpha value is -2.62. The fourth-order valence-electron chi connectivity index (χ4n) is 2.59. The molecule has 4 heteroatoms. The number of carbonyl (C=O) groups excluding carboxylic acids is 1. The molecule has 2 aromatic rings. The van der Waals surface area contributed by atoms with Crippen molar-refractivity contribution in [2.45, 2.75) is 19.3 Å². The predicted molar refractivity (Wildman–Crippen MR) is 86.4 cm³/mol. The second kappa shape index (κ2) is 6.43. The largest absolute Gasteiger partial charge is 0.497 e. The molecule has 0 fully saturated rings. The van der Waals surface area contributed by atoms with Crippen LogP contribution in [0.25, 0.3) is 0 Å². The van der Waals surface area contributed by atoms with Gasteiger partial charge in [0.25, 0.3) is 5.91 Å². The summed E-state index contributed by atoms with van der Waals surface area (Å²) in [5.74, 6) is 0.528. The Morgan fingerprint density at radius 3 is 2.50 bits per heavy atom. The van der Waals surface area contributed by atoms with Crippen molar-refractivity contribution in [1.82, 2.24) is 5.43 Å². The van der Waals surface area contributed by atoms with E-state index >= 15 is 0 Å². The van der Waals surface area contributed by atoms with E-state index in [1.54, 1.807) is 31.4 Å². The van der Waals surface area contributed by atoms with Crippen LogP contribution < -0.4 is 10.2 Å². The smallest absolute Gasteiger partial charge is 0.271 e. The minimum absolute atomic E-state index is 0.200. The maximum Gasteiger partial charge on any atom is 0.271 e. The van der Waals surface area contributed by atoms with Gasteiger partial charge >= 0.3 is 0 Å². The molecule has 0 heterocycles. The number of amides is 1. The van der Waals surface area contributed by atoms with Gasteiger partial charge in [0.15, 0.2) is 0 Å². The normalized spacial score (nSPS) is 15.2. The molecule has 0 aliphatic heterocycles. The first-order valence-corrected chi connectivity index (χ1v) is 7.33. The predicted octanol–water partition coefficient (Wildman–Crippen LogP) is 2.97. The number of hydrogen-bond acceptors (Lipinski definition) is 3. The van der Waals surface area contributed by atoms with Crippen molar-refractivity contribution < 1.29 is 9.53 Å². The van der Waals surface area contributed by atoms with E-state index in [1.807, 2.05) is 6.07 Å². The Morgan fingerprint density at radius 1 is 1.05 bits per heavy atom. The Kier molecular flexibility index (Phi) is 4.19. The molecule has 0 radical (unpaired) electrons. The van der Waals surface area contributed by atoms with Crippen molar-refractivity contribution in [3.8, 4) is 5.75 Å². The molecular weight excluding hydrogens is 276 g/mol. The first kappa shape index (κ1) is 14.3. The van der Waals surface area contributed by atoms with Gasteiger partial charge < -0.3 is 4.74 Å². The third-order valence-corrected chi connectivity index (χ3v) is 3.86. The third kappa shape index (κ3) is 3.17. The van der Waals surface area contributed by atoms with Crippen LogP contribution in [0.4, 0.5) is 0 Å². The van der Waals surface area contributed by atoms with E-state index in [-0.39, 0.29) is 5.91 Å². The topological polar surface area (TPSA) is 50.7 Å².